The fourth-order valence-corrected chi connectivity index (χ4v) is 3.73. The van der Waals surface area contributed by atoms with E-state index < -0.39 is 18.1 Å². The van der Waals surface area contributed by atoms with Crippen LogP contribution in [0.1, 0.15) is 23.5 Å². The quantitative estimate of drug-likeness (QED) is 0.473. The molecule has 4 aromatic rings. The summed E-state index contributed by atoms with van der Waals surface area (Å²) in [5.74, 6) is -1.69. The number of carboxylic acid groups (broad SMARTS) is 1. The van der Waals surface area contributed by atoms with Crippen LogP contribution >= 0.6 is 0 Å². The van der Waals surface area contributed by atoms with Gasteiger partial charge in [0.25, 0.3) is 5.91 Å². The number of primary amides is 1. The third kappa shape index (κ3) is 3.47. The number of methoxy groups -OCH3 is 1. The van der Waals surface area contributed by atoms with E-state index in [4.69, 9.17) is 15.2 Å². The van der Waals surface area contributed by atoms with Gasteiger partial charge in [-0.1, -0.05) is 36.4 Å². The third-order valence-corrected chi connectivity index (χ3v) is 5.07. The van der Waals surface area contributed by atoms with E-state index in [2.05, 4.69) is 5.10 Å². The van der Waals surface area contributed by atoms with Gasteiger partial charge < -0.3 is 20.3 Å². The summed E-state index contributed by atoms with van der Waals surface area (Å²) in [4.78, 5) is 23.9. The minimum absolute atomic E-state index is 0.0105. The fourth-order valence-electron chi connectivity index (χ4n) is 3.73. The lowest BCUT2D eigenvalue weighted by Crippen LogP contribution is -2.29. The Morgan fingerprint density at radius 3 is 2.52 bits per heavy atom. The summed E-state index contributed by atoms with van der Waals surface area (Å²) in [6.45, 7) is 1.99. The van der Waals surface area contributed by atoms with E-state index in [1.54, 1.807) is 13.0 Å². The molecule has 0 fully saturated rings. The molecule has 31 heavy (non-hydrogen) atoms. The highest BCUT2D eigenvalue weighted by atomic mass is 16.5. The summed E-state index contributed by atoms with van der Waals surface area (Å²) in [5.41, 5.74) is 7.23. The third-order valence-electron chi connectivity index (χ3n) is 5.07. The number of fused-ring (bicyclic) bond motifs is 2. The maximum absolute atomic E-state index is 12.1. The molecule has 158 valence electrons. The van der Waals surface area contributed by atoms with Crippen molar-refractivity contribution in [2.45, 2.75) is 13.2 Å². The Bertz CT molecular complexity index is 1310. The highest BCUT2D eigenvalue weighted by Gasteiger charge is 2.27. The van der Waals surface area contributed by atoms with Crippen LogP contribution in [0.2, 0.25) is 0 Å². The highest BCUT2D eigenvalue weighted by Crippen LogP contribution is 2.39. The lowest BCUT2D eigenvalue weighted by molar-refractivity contribution is -0.135. The highest BCUT2D eigenvalue weighted by molar-refractivity contribution is 6.06. The van der Waals surface area contributed by atoms with Crippen molar-refractivity contribution in [2.75, 3.05) is 13.7 Å². The first kappa shape index (κ1) is 20.4. The van der Waals surface area contributed by atoms with Crippen molar-refractivity contribution < 1.29 is 24.2 Å². The number of carboxylic acids is 1. The van der Waals surface area contributed by atoms with Gasteiger partial charge in [0.2, 0.25) is 6.23 Å². The number of amides is 1. The molecule has 0 saturated heterocycles. The Balaban J connectivity index is 2.07. The van der Waals surface area contributed by atoms with Gasteiger partial charge in [-0.2, -0.15) is 5.10 Å². The second-order valence-corrected chi connectivity index (χ2v) is 6.91. The number of aromatic nitrogens is 2. The molecule has 0 radical (unpaired) electrons. The topological polar surface area (TPSA) is 117 Å². The van der Waals surface area contributed by atoms with Gasteiger partial charge in [0.05, 0.1) is 18.0 Å². The van der Waals surface area contributed by atoms with Crippen LogP contribution in [0.5, 0.6) is 5.75 Å². The second kappa shape index (κ2) is 8.08. The van der Waals surface area contributed by atoms with Crippen LogP contribution in [-0.2, 0) is 9.53 Å². The van der Waals surface area contributed by atoms with Crippen LogP contribution in [0.15, 0.2) is 54.6 Å². The molecule has 4 rings (SSSR count). The summed E-state index contributed by atoms with van der Waals surface area (Å²) < 4.78 is 12.4. The fraction of sp³-hybridized carbons (Fsp3) is 0.174. The van der Waals surface area contributed by atoms with Crippen LogP contribution in [0.4, 0.5) is 0 Å². The largest absolute Gasteiger partial charge is 0.495 e. The monoisotopic (exact) mass is 419 g/mol. The normalized spacial score (nSPS) is 12.2. The number of ether oxygens (including phenoxy) is 2. The zero-order chi connectivity index (χ0) is 22.1. The van der Waals surface area contributed by atoms with Crippen molar-refractivity contribution >= 4 is 33.6 Å². The molecule has 8 heteroatoms. The Morgan fingerprint density at radius 1 is 1.13 bits per heavy atom. The molecular formula is C23H21N3O5. The number of hydrogen-bond donors (Lipinski definition) is 2. The molecule has 3 aromatic carbocycles. The van der Waals surface area contributed by atoms with Gasteiger partial charge in [-0.15, -0.1) is 0 Å². The molecule has 1 heterocycles. The Morgan fingerprint density at radius 2 is 1.87 bits per heavy atom. The molecule has 0 aliphatic heterocycles. The SMILES string of the molecule is CCOC(C(N)=O)n1nc(-c2ccc3ccccc3c2)c2c(OC)c(C(=O)O)ccc21. The Labute approximate surface area is 177 Å². The van der Waals surface area contributed by atoms with Crippen molar-refractivity contribution in [3.05, 3.63) is 60.2 Å². The van der Waals surface area contributed by atoms with Crippen molar-refractivity contribution in [2.24, 2.45) is 5.73 Å². The summed E-state index contributed by atoms with van der Waals surface area (Å²) >= 11 is 0. The van der Waals surface area contributed by atoms with Gasteiger partial charge in [-0.25, -0.2) is 9.48 Å². The molecule has 0 bridgehead atoms. The Hall–Kier alpha value is -3.91. The summed E-state index contributed by atoms with van der Waals surface area (Å²) in [6.07, 6.45) is -1.15. The summed E-state index contributed by atoms with van der Waals surface area (Å²) in [7, 11) is 1.40. The smallest absolute Gasteiger partial charge is 0.339 e. The van der Waals surface area contributed by atoms with Gasteiger partial charge in [0.15, 0.2) is 0 Å². The van der Waals surface area contributed by atoms with Crippen molar-refractivity contribution in [1.82, 2.24) is 9.78 Å². The zero-order valence-electron chi connectivity index (χ0n) is 17.0. The average Bonchev–Trinajstić information content (AvgIpc) is 3.15. The molecule has 0 aliphatic rings. The van der Waals surface area contributed by atoms with Crippen molar-refractivity contribution in [1.29, 1.82) is 0 Å². The molecule has 0 saturated carbocycles. The second-order valence-electron chi connectivity index (χ2n) is 6.91. The van der Waals surface area contributed by atoms with E-state index in [0.717, 1.165) is 16.3 Å². The molecule has 8 nitrogen and oxygen atoms in total. The minimum Gasteiger partial charge on any atom is -0.495 e. The number of aromatic carboxylic acids is 1. The van der Waals surface area contributed by atoms with E-state index >= 15 is 0 Å². The lowest BCUT2D eigenvalue weighted by atomic mass is 10.0. The number of nitrogens with zero attached hydrogens (tertiary/aromatic N) is 2. The zero-order valence-corrected chi connectivity index (χ0v) is 17.0. The molecule has 1 atom stereocenters. The molecule has 1 unspecified atom stereocenters. The predicted molar refractivity (Wildman–Crippen MR) is 116 cm³/mol. The number of carbonyl (C=O) groups is 2. The van der Waals surface area contributed by atoms with Gasteiger partial charge in [-0.05, 0) is 35.9 Å². The number of benzene rings is 3. The first-order valence-electron chi connectivity index (χ1n) is 9.68. The number of nitrogens with two attached hydrogens (primary N) is 1. The summed E-state index contributed by atoms with van der Waals surface area (Å²) in [5, 5.41) is 16.8. The van der Waals surface area contributed by atoms with Gasteiger partial charge >= 0.3 is 5.97 Å². The maximum Gasteiger partial charge on any atom is 0.339 e. The van der Waals surface area contributed by atoms with E-state index in [-0.39, 0.29) is 17.9 Å². The van der Waals surface area contributed by atoms with Gasteiger partial charge in [-0.3, -0.25) is 4.79 Å². The average molecular weight is 419 g/mol. The molecular weight excluding hydrogens is 398 g/mol. The number of hydrogen-bond acceptors (Lipinski definition) is 5. The minimum atomic E-state index is -1.15. The molecule has 1 aromatic heterocycles. The maximum atomic E-state index is 12.1. The first-order chi connectivity index (χ1) is 15.0. The van der Waals surface area contributed by atoms with E-state index in [0.29, 0.717) is 16.6 Å². The van der Waals surface area contributed by atoms with Crippen LogP contribution in [0.3, 0.4) is 0 Å². The standard InChI is InChI=1S/C23H21N3O5/c1-3-31-22(21(24)27)26-17-11-10-16(23(28)29)20(30-2)18(17)19(25-26)15-9-8-13-6-4-5-7-14(13)12-15/h4-12,22H,3H2,1-2H3,(H2,24,27)(H,28,29). The predicted octanol–water partition coefficient (Wildman–Crippen LogP) is 3.58. The van der Waals surface area contributed by atoms with Gasteiger partial charge in [0, 0.05) is 12.2 Å². The molecule has 1 amide bonds. The molecule has 3 N–H and O–H groups in total. The molecule has 0 aliphatic carbocycles. The number of carbonyl (C=O) groups excluding carboxylic acids is 1. The van der Waals surface area contributed by atoms with Crippen LogP contribution in [-0.4, -0.2) is 40.5 Å². The lowest BCUT2D eigenvalue weighted by Gasteiger charge is -2.15. The Kier molecular flexibility index (Phi) is 5.31. The van der Waals surface area contributed by atoms with E-state index in [1.807, 2.05) is 42.5 Å². The number of rotatable bonds is 7. The van der Waals surface area contributed by atoms with Crippen LogP contribution in [0.25, 0.3) is 32.9 Å². The van der Waals surface area contributed by atoms with Crippen LogP contribution < -0.4 is 10.5 Å². The van der Waals surface area contributed by atoms with Crippen molar-refractivity contribution in [3.63, 3.8) is 0 Å². The van der Waals surface area contributed by atoms with Crippen LogP contribution in [0, 0.1) is 0 Å². The van der Waals surface area contributed by atoms with Crippen molar-refractivity contribution in [3.8, 4) is 17.0 Å². The molecule has 0 spiro atoms. The van der Waals surface area contributed by atoms with Gasteiger partial charge in [0.1, 0.15) is 17.0 Å². The van der Waals surface area contributed by atoms with E-state index in [1.165, 1.54) is 17.9 Å². The summed E-state index contributed by atoms with van der Waals surface area (Å²) in [6, 6.07) is 16.6. The van der Waals surface area contributed by atoms with E-state index in [9.17, 15) is 14.7 Å². The first-order valence-corrected chi connectivity index (χ1v) is 9.68.